The maximum atomic E-state index is 12.3. The lowest BCUT2D eigenvalue weighted by Crippen LogP contribution is -2.50. The molecule has 1 aromatic rings. The second-order valence-electron chi connectivity index (χ2n) is 4.58. The fourth-order valence-corrected chi connectivity index (χ4v) is 2.76. The molecule has 2 aliphatic heterocycles. The lowest BCUT2D eigenvalue weighted by atomic mass is 10.0. The minimum atomic E-state index is 0.0578. The Bertz CT molecular complexity index is 422. The number of amides is 2. The number of aromatic nitrogens is 1. The van der Waals surface area contributed by atoms with E-state index in [2.05, 4.69) is 10.3 Å². The number of urea groups is 1. The number of pyridine rings is 1. The molecule has 3 heterocycles. The smallest absolute Gasteiger partial charge is 0.322 e. The van der Waals surface area contributed by atoms with E-state index in [1.54, 1.807) is 6.20 Å². The van der Waals surface area contributed by atoms with Gasteiger partial charge < -0.3 is 10.2 Å². The lowest BCUT2D eigenvalue weighted by molar-refractivity contribution is 0.211. The van der Waals surface area contributed by atoms with Crippen LogP contribution in [0, 0.1) is 0 Å². The minimum Gasteiger partial charge on any atom is -0.322 e. The van der Waals surface area contributed by atoms with Gasteiger partial charge in [0.15, 0.2) is 0 Å². The second-order valence-corrected chi connectivity index (χ2v) is 4.58. The van der Waals surface area contributed by atoms with Gasteiger partial charge in [-0.2, -0.15) is 0 Å². The second kappa shape index (κ2) is 4.00. The van der Waals surface area contributed by atoms with Crippen LogP contribution < -0.4 is 10.2 Å². The molecule has 0 saturated carbocycles. The molecule has 2 aliphatic rings. The Hall–Kier alpha value is -1.62. The molecule has 2 saturated heterocycles. The van der Waals surface area contributed by atoms with Gasteiger partial charge in [0.2, 0.25) is 0 Å². The summed E-state index contributed by atoms with van der Waals surface area (Å²) in [6, 6.07) is 6.25. The summed E-state index contributed by atoms with van der Waals surface area (Å²) in [5.41, 5.74) is 0. The van der Waals surface area contributed by atoms with E-state index in [-0.39, 0.29) is 12.1 Å². The molecule has 1 aromatic heterocycles. The zero-order chi connectivity index (χ0) is 11.8. The largest absolute Gasteiger partial charge is 0.326 e. The third-order valence-corrected chi connectivity index (χ3v) is 3.65. The summed E-state index contributed by atoms with van der Waals surface area (Å²) in [5, 5.41) is 3.35. The minimum absolute atomic E-state index is 0.0578. The van der Waals surface area contributed by atoms with E-state index in [1.165, 1.54) is 0 Å². The third kappa shape index (κ3) is 1.58. The van der Waals surface area contributed by atoms with Crippen molar-refractivity contribution >= 4 is 11.8 Å². The molecule has 5 nitrogen and oxygen atoms in total. The van der Waals surface area contributed by atoms with Crippen molar-refractivity contribution in [2.24, 2.45) is 0 Å². The fourth-order valence-electron chi connectivity index (χ4n) is 2.76. The summed E-state index contributed by atoms with van der Waals surface area (Å²) < 4.78 is 0. The number of carbonyl (C=O) groups excluding carboxylic acids is 1. The van der Waals surface area contributed by atoms with Crippen LogP contribution in [-0.4, -0.2) is 48.1 Å². The van der Waals surface area contributed by atoms with Crippen LogP contribution in [0.2, 0.25) is 0 Å². The van der Waals surface area contributed by atoms with Gasteiger partial charge in [0.1, 0.15) is 5.82 Å². The molecule has 0 aromatic carbocycles. The van der Waals surface area contributed by atoms with Crippen molar-refractivity contribution in [3.8, 4) is 0 Å². The molecule has 1 N–H and O–H groups in total. The van der Waals surface area contributed by atoms with Crippen LogP contribution in [0.4, 0.5) is 10.6 Å². The molecule has 0 radical (unpaired) electrons. The summed E-state index contributed by atoms with van der Waals surface area (Å²) in [7, 11) is 1.88. The van der Waals surface area contributed by atoms with Crippen molar-refractivity contribution in [2.75, 3.05) is 25.0 Å². The Labute approximate surface area is 100 Å². The van der Waals surface area contributed by atoms with Gasteiger partial charge in [-0.1, -0.05) is 6.07 Å². The van der Waals surface area contributed by atoms with Gasteiger partial charge in [-0.15, -0.1) is 0 Å². The Morgan fingerprint density at radius 3 is 3.06 bits per heavy atom. The Morgan fingerprint density at radius 2 is 2.29 bits per heavy atom. The number of rotatable bonds is 1. The van der Waals surface area contributed by atoms with Gasteiger partial charge in [-0.05, 0) is 25.1 Å². The Balaban J connectivity index is 1.96. The monoisotopic (exact) mass is 232 g/mol. The van der Waals surface area contributed by atoms with Gasteiger partial charge in [-0.3, -0.25) is 4.90 Å². The highest BCUT2D eigenvalue weighted by atomic mass is 16.2. The van der Waals surface area contributed by atoms with Crippen molar-refractivity contribution in [3.05, 3.63) is 24.4 Å². The molecule has 0 unspecified atom stereocenters. The van der Waals surface area contributed by atoms with Gasteiger partial charge in [0.05, 0.1) is 12.1 Å². The lowest BCUT2D eigenvalue weighted by Gasteiger charge is -2.31. The van der Waals surface area contributed by atoms with Crippen molar-refractivity contribution in [2.45, 2.75) is 18.5 Å². The predicted octanol–water partition coefficient (Wildman–Crippen LogP) is 0.684. The molecule has 0 aliphatic carbocycles. The topological polar surface area (TPSA) is 48.5 Å². The van der Waals surface area contributed by atoms with Gasteiger partial charge in [-0.25, -0.2) is 9.78 Å². The first-order chi connectivity index (χ1) is 8.29. The summed E-state index contributed by atoms with van der Waals surface area (Å²) in [4.78, 5) is 20.2. The summed E-state index contributed by atoms with van der Waals surface area (Å²) in [6.45, 7) is 1.83. The fraction of sp³-hybridized carbons (Fsp3) is 0.500. The first-order valence-corrected chi connectivity index (χ1v) is 5.97. The number of nitrogens with one attached hydrogen (secondary N) is 1. The summed E-state index contributed by atoms with van der Waals surface area (Å²) >= 11 is 0. The van der Waals surface area contributed by atoms with Gasteiger partial charge >= 0.3 is 6.03 Å². The quantitative estimate of drug-likeness (QED) is 0.774. The number of anilines is 1. The van der Waals surface area contributed by atoms with Crippen molar-refractivity contribution < 1.29 is 4.79 Å². The molecular weight excluding hydrogens is 216 g/mol. The van der Waals surface area contributed by atoms with E-state index < -0.39 is 0 Å². The molecule has 5 heteroatoms. The highest BCUT2D eigenvalue weighted by molar-refractivity contribution is 5.94. The number of fused-ring (bicyclic) bond motifs is 1. The highest BCUT2D eigenvalue weighted by Gasteiger charge is 2.45. The first kappa shape index (κ1) is 10.5. The number of likely N-dealkylation sites (N-methyl/N-ethyl adjacent to an activating group) is 1. The van der Waals surface area contributed by atoms with Crippen molar-refractivity contribution in [1.29, 1.82) is 0 Å². The van der Waals surface area contributed by atoms with Crippen molar-refractivity contribution in [3.63, 3.8) is 0 Å². The normalized spacial score (nSPS) is 28.4. The van der Waals surface area contributed by atoms with E-state index in [0.717, 1.165) is 25.3 Å². The maximum absolute atomic E-state index is 12.3. The number of hydrogen-bond donors (Lipinski definition) is 1. The van der Waals surface area contributed by atoms with Crippen LogP contribution >= 0.6 is 0 Å². The molecular formula is C12H16N4O. The third-order valence-electron chi connectivity index (χ3n) is 3.65. The summed E-state index contributed by atoms with van der Waals surface area (Å²) in [5.74, 6) is 0.751. The van der Waals surface area contributed by atoms with E-state index in [4.69, 9.17) is 0 Å². The van der Waals surface area contributed by atoms with Gasteiger partial charge in [0.25, 0.3) is 0 Å². The molecule has 0 spiro atoms. The van der Waals surface area contributed by atoms with Crippen LogP contribution in [0.5, 0.6) is 0 Å². The predicted molar refractivity (Wildman–Crippen MR) is 64.9 cm³/mol. The highest BCUT2D eigenvalue weighted by Crippen LogP contribution is 2.29. The van der Waals surface area contributed by atoms with Crippen LogP contribution in [0.3, 0.4) is 0 Å². The average molecular weight is 232 g/mol. The van der Waals surface area contributed by atoms with E-state index >= 15 is 0 Å². The van der Waals surface area contributed by atoms with Crippen LogP contribution in [0.1, 0.15) is 6.42 Å². The van der Waals surface area contributed by atoms with Gasteiger partial charge in [0, 0.05) is 19.8 Å². The van der Waals surface area contributed by atoms with Crippen molar-refractivity contribution in [1.82, 2.24) is 15.2 Å². The Morgan fingerprint density at radius 1 is 1.41 bits per heavy atom. The zero-order valence-corrected chi connectivity index (χ0v) is 9.84. The number of hydrogen-bond acceptors (Lipinski definition) is 3. The van der Waals surface area contributed by atoms with Crippen LogP contribution in [0.15, 0.2) is 24.4 Å². The number of nitrogens with zero attached hydrogens (tertiary/aromatic N) is 3. The van der Waals surface area contributed by atoms with Crippen LogP contribution in [0.25, 0.3) is 0 Å². The average Bonchev–Trinajstić information content (AvgIpc) is 2.64. The van der Waals surface area contributed by atoms with E-state index in [9.17, 15) is 4.79 Å². The molecule has 2 fully saturated rings. The Kier molecular flexibility index (Phi) is 2.48. The van der Waals surface area contributed by atoms with E-state index in [1.807, 2.05) is 35.0 Å². The van der Waals surface area contributed by atoms with Crippen LogP contribution in [-0.2, 0) is 0 Å². The zero-order valence-electron chi connectivity index (χ0n) is 9.84. The first-order valence-electron chi connectivity index (χ1n) is 5.97. The number of piperidine rings is 1. The summed E-state index contributed by atoms with van der Waals surface area (Å²) in [6.07, 6.45) is 2.74. The maximum Gasteiger partial charge on any atom is 0.326 e. The van der Waals surface area contributed by atoms with E-state index in [0.29, 0.717) is 6.04 Å². The molecule has 2 amide bonds. The SMILES string of the molecule is CN1C(=O)N(c2ccccn2)[C@@H]2CNCC[C@@H]21. The molecule has 0 bridgehead atoms. The molecule has 90 valence electrons. The standard InChI is InChI=1S/C12H16N4O/c1-15-9-5-7-13-8-10(9)16(12(15)17)11-4-2-3-6-14-11/h2-4,6,9-10,13H,5,7-8H2,1H3/t9-,10+/m0/s1. The molecule has 2 atom stereocenters. The molecule has 3 rings (SSSR count). The number of carbonyl (C=O) groups is 1. The molecule has 17 heavy (non-hydrogen) atoms.